The number of fused-ring (bicyclic) bond motifs is 1. The van der Waals surface area contributed by atoms with E-state index in [0.717, 1.165) is 0 Å². The van der Waals surface area contributed by atoms with Gasteiger partial charge in [0.1, 0.15) is 5.75 Å². The number of amides is 1. The highest BCUT2D eigenvalue weighted by Gasteiger charge is 2.13. The lowest BCUT2D eigenvalue weighted by atomic mass is 10.0. The average molecular weight is 421 g/mol. The van der Waals surface area contributed by atoms with Crippen LogP contribution in [-0.2, 0) is 4.79 Å². The highest BCUT2D eigenvalue weighted by Crippen LogP contribution is 2.23. The van der Waals surface area contributed by atoms with E-state index < -0.39 is 6.61 Å². The molecule has 1 heterocycles. The van der Waals surface area contributed by atoms with E-state index in [0.29, 0.717) is 33.4 Å². The molecule has 0 spiro atoms. The number of benzene rings is 3. The Morgan fingerprint density at radius 2 is 1.65 bits per heavy atom. The molecule has 0 saturated carbocycles. The zero-order chi connectivity index (χ0) is 21.8. The van der Waals surface area contributed by atoms with E-state index >= 15 is 0 Å². The third-order valence-electron chi connectivity index (χ3n) is 4.52. The van der Waals surface area contributed by atoms with Crippen molar-refractivity contribution in [3.8, 4) is 5.75 Å². The number of imidazole rings is 1. The third kappa shape index (κ3) is 4.87. The van der Waals surface area contributed by atoms with Crippen molar-refractivity contribution >= 4 is 34.3 Å². The maximum Gasteiger partial charge on any atom is 0.387 e. The zero-order valence-corrected chi connectivity index (χ0v) is 16.1. The minimum Gasteiger partial charge on any atom is -0.435 e. The van der Waals surface area contributed by atoms with Crippen LogP contribution in [0.15, 0.2) is 77.6 Å². The Balaban J connectivity index is 1.64. The molecule has 4 aromatic rings. The van der Waals surface area contributed by atoms with Gasteiger partial charge in [0, 0.05) is 11.3 Å². The molecule has 1 aromatic heterocycles. The predicted molar refractivity (Wildman–Crippen MR) is 115 cm³/mol. The molecule has 8 heteroatoms. The molecule has 0 bridgehead atoms. The van der Waals surface area contributed by atoms with E-state index in [9.17, 15) is 18.4 Å². The van der Waals surface area contributed by atoms with Crippen LogP contribution in [0.1, 0.15) is 11.1 Å². The lowest BCUT2D eigenvalue weighted by Crippen LogP contribution is -2.13. The monoisotopic (exact) mass is 421 g/mol. The number of halogens is 2. The number of alkyl halides is 2. The lowest BCUT2D eigenvalue weighted by Gasteiger charge is -2.10. The van der Waals surface area contributed by atoms with Gasteiger partial charge < -0.3 is 20.0 Å². The number of H-pyrrole nitrogens is 2. The van der Waals surface area contributed by atoms with Gasteiger partial charge in [-0.1, -0.05) is 42.5 Å². The van der Waals surface area contributed by atoms with E-state index in [1.54, 1.807) is 48.5 Å². The fourth-order valence-electron chi connectivity index (χ4n) is 3.12. The Labute approximate surface area is 175 Å². The van der Waals surface area contributed by atoms with Crippen molar-refractivity contribution in [3.05, 3.63) is 94.4 Å². The van der Waals surface area contributed by atoms with Crippen molar-refractivity contribution in [1.82, 2.24) is 9.97 Å². The Morgan fingerprint density at radius 1 is 0.935 bits per heavy atom. The molecule has 0 fully saturated rings. The van der Waals surface area contributed by atoms with Crippen LogP contribution in [0.25, 0.3) is 22.7 Å². The van der Waals surface area contributed by atoms with Gasteiger partial charge in [-0.25, -0.2) is 4.79 Å². The minimum atomic E-state index is -2.90. The summed E-state index contributed by atoms with van der Waals surface area (Å²) in [6, 6.07) is 20.1. The first kappa shape index (κ1) is 20.1. The van der Waals surface area contributed by atoms with Crippen LogP contribution in [0, 0.1) is 0 Å². The van der Waals surface area contributed by atoms with Crippen LogP contribution >= 0.6 is 0 Å². The van der Waals surface area contributed by atoms with Gasteiger partial charge in [0.15, 0.2) is 0 Å². The molecule has 0 atom stereocenters. The molecule has 0 aliphatic carbocycles. The van der Waals surface area contributed by atoms with Gasteiger partial charge in [0.25, 0.3) is 5.91 Å². The van der Waals surface area contributed by atoms with Gasteiger partial charge in [-0.2, -0.15) is 8.78 Å². The molecular weight excluding hydrogens is 404 g/mol. The molecule has 0 unspecified atom stereocenters. The summed E-state index contributed by atoms with van der Waals surface area (Å²) in [5.41, 5.74) is 3.09. The first-order valence-electron chi connectivity index (χ1n) is 9.33. The topological polar surface area (TPSA) is 87.0 Å². The molecular formula is C23H17F2N3O3. The van der Waals surface area contributed by atoms with E-state index in [-0.39, 0.29) is 17.3 Å². The van der Waals surface area contributed by atoms with Crippen LogP contribution in [-0.4, -0.2) is 22.5 Å². The van der Waals surface area contributed by atoms with Crippen LogP contribution in [0.3, 0.4) is 0 Å². The van der Waals surface area contributed by atoms with Gasteiger partial charge in [-0.15, -0.1) is 0 Å². The number of anilines is 1. The molecule has 0 aliphatic rings. The second-order valence-electron chi connectivity index (χ2n) is 6.67. The number of hydrogen-bond donors (Lipinski definition) is 3. The molecule has 6 nitrogen and oxygen atoms in total. The molecule has 4 rings (SSSR count). The number of carbonyl (C=O) groups excluding carboxylic acids is 1. The number of aromatic nitrogens is 2. The van der Waals surface area contributed by atoms with Gasteiger partial charge in [-0.3, -0.25) is 4.79 Å². The second kappa shape index (κ2) is 8.66. The Bertz CT molecular complexity index is 1290. The standard InChI is InChI=1S/C23H17F2N3O3/c24-22(25)31-17-9-6-14(7-10-17)12-18(15-4-2-1-3-5-15)21(29)26-16-8-11-19-20(13-16)28-23(30)27-19/h1-13,22H,(H,26,29)(H2,27,28,30)/b18-12+. The third-order valence-corrected chi connectivity index (χ3v) is 4.52. The number of rotatable bonds is 6. The predicted octanol–water partition coefficient (Wildman–Crippen LogP) is 4.64. The highest BCUT2D eigenvalue weighted by molar-refractivity contribution is 6.29. The summed E-state index contributed by atoms with van der Waals surface area (Å²) in [6.45, 7) is -2.90. The largest absolute Gasteiger partial charge is 0.435 e. The summed E-state index contributed by atoms with van der Waals surface area (Å²) < 4.78 is 29.1. The molecule has 0 radical (unpaired) electrons. The SMILES string of the molecule is O=C(Nc1ccc2[nH]c(=O)[nH]c2c1)/C(=C/c1ccc(OC(F)F)cc1)c1ccccc1. The van der Waals surface area contributed by atoms with Crippen molar-refractivity contribution in [2.75, 3.05) is 5.32 Å². The number of carbonyl (C=O) groups is 1. The summed E-state index contributed by atoms with van der Waals surface area (Å²) >= 11 is 0. The summed E-state index contributed by atoms with van der Waals surface area (Å²) in [7, 11) is 0. The molecule has 156 valence electrons. The van der Waals surface area contributed by atoms with Gasteiger partial charge in [-0.05, 0) is 47.5 Å². The molecule has 31 heavy (non-hydrogen) atoms. The Morgan fingerprint density at radius 3 is 2.35 bits per heavy atom. The fraction of sp³-hybridized carbons (Fsp3) is 0.0435. The van der Waals surface area contributed by atoms with Crippen LogP contribution in [0.2, 0.25) is 0 Å². The quantitative estimate of drug-likeness (QED) is 0.313. The fourth-order valence-corrected chi connectivity index (χ4v) is 3.12. The van der Waals surface area contributed by atoms with Gasteiger partial charge in [0.05, 0.1) is 11.0 Å². The Hall–Kier alpha value is -4.20. The molecule has 3 aromatic carbocycles. The summed E-state index contributed by atoms with van der Waals surface area (Å²) in [4.78, 5) is 29.8. The number of ether oxygens (including phenoxy) is 1. The normalized spacial score (nSPS) is 11.6. The van der Waals surface area contributed by atoms with Gasteiger partial charge in [0.2, 0.25) is 0 Å². The zero-order valence-electron chi connectivity index (χ0n) is 16.1. The average Bonchev–Trinajstić information content (AvgIpc) is 3.12. The smallest absolute Gasteiger partial charge is 0.387 e. The second-order valence-corrected chi connectivity index (χ2v) is 6.67. The lowest BCUT2D eigenvalue weighted by molar-refractivity contribution is -0.111. The van der Waals surface area contributed by atoms with Crippen molar-refractivity contribution in [2.45, 2.75) is 6.61 Å². The van der Waals surface area contributed by atoms with Gasteiger partial charge >= 0.3 is 12.3 Å². The summed E-state index contributed by atoms with van der Waals surface area (Å²) in [5.74, 6) is -0.331. The molecule has 1 amide bonds. The first-order chi connectivity index (χ1) is 15.0. The maximum absolute atomic E-state index is 13.1. The van der Waals surface area contributed by atoms with E-state index in [2.05, 4.69) is 20.0 Å². The van der Waals surface area contributed by atoms with Crippen molar-refractivity contribution < 1.29 is 18.3 Å². The molecule has 3 N–H and O–H groups in total. The van der Waals surface area contributed by atoms with Crippen molar-refractivity contribution in [1.29, 1.82) is 0 Å². The number of hydrogen-bond acceptors (Lipinski definition) is 3. The van der Waals surface area contributed by atoms with Crippen LogP contribution in [0.4, 0.5) is 14.5 Å². The summed E-state index contributed by atoms with van der Waals surface area (Å²) in [5, 5.41) is 2.83. The van der Waals surface area contributed by atoms with Crippen LogP contribution in [0.5, 0.6) is 5.75 Å². The molecule has 0 saturated heterocycles. The van der Waals surface area contributed by atoms with E-state index in [4.69, 9.17) is 0 Å². The summed E-state index contributed by atoms with van der Waals surface area (Å²) in [6.07, 6.45) is 1.66. The minimum absolute atomic E-state index is 0.0339. The molecule has 0 aliphatic heterocycles. The first-order valence-corrected chi connectivity index (χ1v) is 9.33. The Kier molecular flexibility index (Phi) is 5.61. The van der Waals surface area contributed by atoms with Crippen LogP contribution < -0.4 is 15.7 Å². The maximum atomic E-state index is 13.1. The number of nitrogens with one attached hydrogen (secondary N) is 3. The number of aromatic amines is 2. The van der Waals surface area contributed by atoms with Crippen molar-refractivity contribution in [3.63, 3.8) is 0 Å². The van der Waals surface area contributed by atoms with E-state index in [1.165, 1.54) is 12.1 Å². The van der Waals surface area contributed by atoms with Crippen molar-refractivity contribution in [2.24, 2.45) is 0 Å². The highest BCUT2D eigenvalue weighted by atomic mass is 19.3. The van der Waals surface area contributed by atoms with E-state index in [1.807, 2.05) is 18.2 Å².